The van der Waals surface area contributed by atoms with Gasteiger partial charge in [0.15, 0.2) is 0 Å². The van der Waals surface area contributed by atoms with Crippen molar-refractivity contribution in [3.8, 4) is 0 Å². The Labute approximate surface area is 211 Å². The molecule has 0 radical (unpaired) electrons. The first-order valence-electron chi connectivity index (χ1n) is 13.1. The van der Waals surface area contributed by atoms with Crippen LogP contribution in [0.25, 0.3) is 0 Å². The lowest BCUT2D eigenvalue weighted by Crippen LogP contribution is -2.52. The Bertz CT molecular complexity index is 1040. The molecule has 1 unspecified atom stereocenters. The lowest BCUT2D eigenvalue weighted by Gasteiger charge is -2.33. The van der Waals surface area contributed by atoms with E-state index in [1.54, 1.807) is 30.6 Å². The summed E-state index contributed by atoms with van der Waals surface area (Å²) in [4.78, 5) is 45.8. The fourth-order valence-electron chi connectivity index (χ4n) is 5.27. The molecule has 2 aromatic rings. The molecule has 2 N–H and O–H groups in total. The Morgan fingerprint density at radius 2 is 1.53 bits per heavy atom. The van der Waals surface area contributed by atoms with Crippen LogP contribution in [0, 0.1) is 5.82 Å². The van der Waals surface area contributed by atoms with Crippen molar-refractivity contribution in [2.75, 3.05) is 0 Å². The highest BCUT2D eigenvalue weighted by atomic mass is 19.1. The first kappa shape index (κ1) is 25.8. The first-order valence-corrected chi connectivity index (χ1v) is 13.1. The third kappa shape index (κ3) is 6.68. The van der Waals surface area contributed by atoms with Crippen molar-refractivity contribution in [2.45, 2.75) is 88.9 Å². The third-order valence-electron chi connectivity index (χ3n) is 7.18. The summed E-state index contributed by atoms with van der Waals surface area (Å²) in [5.41, 5.74) is 0.705. The minimum Gasteiger partial charge on any atom is -0.351 e. The van der Waals surface area contributed by atoms with Gasteiger partial charge in [-0.25, -0.2) is 4.39 Å². The van der Waals surface area contributed by atoms with E-state index in [4.69, 9.17) is 0 Å². The van der Waals surface area contributed by atoms with Gasteiger partial charge in [0.1, 0.15) is 11.9 Å². The number of hydrogen-bond acceptors (Lipinski definition) is 4. The van der Waals surface area contributed by atoms with Crippen molar-refractivity contribution < 1.29 is 18.8 Å². The van der Waals surface area contributed by atoms with Crippen LogP contribution in [0.5, 0.6) is 0 Å². The quantitative estimate of drug-likeness (QED) is 0.565. The monoisotopic (exact) mass is 494 g/mol. The van der Waals surface area contributed by atoms with Crippen LogP contribution in [0.1, 0.15) is 81.4 Å². The molecule has 2 fully saturated rings. The zero-order chi connectivity index (χ0) is 25.3. The van der Waals surface area contributed by atoms with E-state index in [9.17, 15) is 14.4 Å². The molecule has 3 amide bonds. The van der Waals surface area contributed by atoms with E-state index in [0.717, 1.165) is 64.2 Å². The van der Waals surface area contributed by atoms with Crippen LogP contribution in [-0.4, -0.2) is 39.7 Å². The van der Waals surface area contributed by atoms with Crippen LogP contribution in [0.4, 0.5) is 4.39 Å². The predicted molar refractivity (Wildman–Crippen MR) is 134 cm³/mol. The zero-order valence-electron chi connectivity index (χ0n) is 20.6. The van der Waals surface area contributed by atoms with E-state index >= 15 is 4.39 Å². The highest BCUT2D eigenvalue weighted by Gasteiger charge is 2.37. The molecule has 36 heavy (non-hydrogen) atoms. The smallest absolute Gasteiger partial charge is 0.313 e. The van der Waals surface area contributed by atoms with Gasteiger partial charge in [-0.2, -0.15) is 0 Å². The number of benzene rings is 1. The summed E-state index contributed by atoms with van der Waals surface area (Å²) in [7, 11) is 0. The molecule has 7 nitrogen and oxygen atoms in total. The minimum absolute atomic E-state index is 0.0352. The second kappa shape index (κ2) is 12.6. The maximum absolute atomic E-state index is 15.1. The normalized spacial score (nSPS) is 17.7. The number of pyridine rings is 1. The number of halogens is 1. The molecule has 2 saturated carbocycles. The lowest BCUT2D eigenvalue weighted by molar-refractivity contribution is -0.151. The van der Waals surface area contributed by atoms with Gasteiger partial charge in [0.2, 0.25) is 5.91 Å². The number of carbonyl (C=O) groups is 3. The van der Waals surface area contributed by atoms with Crippen molar-refractivity contribution in [3.05, 3.63) is 65.7 Å². The Kier molecular flexibility index (Phi) is 9.03. The molecule has 192 valence electrons. The molecular weight excluding hydrogens is 459 g/mol. The van der Waals surface area contributed by atoms with Crippen LogP contribution < -0.4 is 10.6 Å². The van der Waals surface area contributed by atoms with Gasteiger partial charge in [-0.15, -0.1) is 0 Å². The van der Waals surface area contributed by atoms with Gasteiger partial charge in [0.25, 0.3) is 0 Å². The molecule has 8 heteroatoms. The first-order chi connectivity index (χ1) is 17.5. The van der Waals surface area contributed by atoms with E-state index in [2.05, 4.69) is 15.6 Å². The average molecular weight is 495 g/mol. The summed E-state index contributed by atoms with van der Waals surface area (Å²) in [6, 6.07) is 8.04. The van der Waals surface area contributed by atoms with Gasteiger partial charge in [-0.3, -0.25) is 19.4 Å². The van der Waals surface area contributed by atoms with Crippen LogP contribution in [-0.2, 0) is 20.9 Å². The van der Waals surface area contributed by atoms with E-state index in [1.807, 2.05) is 0 Å². The SMILES string of the molecule is O=C(NC1CCCCC1)C(=O)N(Cc1cccnc1)C(C(=O)NC1CCCCC1)c1ccccc1F. The molecule has 2 aliphatic rings. The summed E-state index contributed by atoms with van der Waals surface area (Å²) in [5, 5.41) is 5.89. The maximum atomic E-state index is 15.1. The maximum Gasteiger partial charge on any atom is 0.313 e. The average Bonchev–Trinajstić information content (AvgIpc) is 2.90. The highest BCUT2D eigenvalue weighted by molar-refractivity contribution is 6.35. The van der Waals surface area contributed by atoms with E-state index in [-0.39, 0.29) is 24.2 Å². The molecule has 0 spiro atoms. The van der Waals surface area contributed by atoms with Crippen LogP contribution >= 0.6 is 0 Å². The fourth-order valence-corrected chi connectivity index (χ4v) is 5.27. The van der Waals surface area contributed by atoms with Crippen molar-refractivity contribution in [1.82, 2.24) is 20.5 Å². The standard InChI is InChI=1S/C28H35FN4O3/c29-24-16-8-7-15-23(24)25(26(34)31-21-11-3-1-4-12-21)33(19-20-10-9-17-30-18-20)28(36)27(35)32-22-13-5-2-6-14-22/h7-10,15-18,21-22,25H,1-6,11-14,19H2,(H,31,34)(H,32,35). The molecule has 1 aromatic heterocycles. The van der Waals surface area contributed by atoms with Gasteiger partial charge in [0, 0.05) is 36.6 Å². The third-order valence-corrected chi connectivity index (χ3v) is 7.18. The number of nitrogens with zero attached hydrogens (tertiary/aromatic N) is 2. The van der Waals surface area contributed by atoms with Crippen LogP contribution in [0.15, 0.2) is 48.8 Å². The van der Waals surface area contributed by atoms with E-state index in [0.29, 0.717) is 5.56 Å². The summed E-state index contributed by atoms with van der Waals surface area (Å²) >= 11 is 0. The molecule has 0 bridgehead atoms. The number of hydrogen-bond donors (Lipinski definition) is 2. The molecule has 0 aliphatic heterocycles. The van der Waals surface area contributed by atoms with Gasteiger partial charge in [-0.05, 0) is 43.4 Å². The number of rotatable bonds is 7. The molecular formula is C28H35FN4O3. The summed E-state index contributed by atoms with van der Waals surface area (Å²) in [5.74, 6) is -2.69. The Morgan fingerprint density at radius 3 is 2.14 bits per heavy atom. The van der Waals surface area contributed by atoms with Crippen molar-refractivity contribution in [1.29, 1.82) is 0 Å². The summed E-state index contributed by atoms with van der Waals surface area (Å²) in [6.45, 7) is -0.0537. The lowest BCUT2D eigenvalue weighted by atomic mass is 9.94. The number of amides is 3. The molecule has 1 heterocycles. The summed E-state index contributed by atoms with van der Waals surface area (Å²) < 4.78 is 15.1. The van der Waals surface area contributed by atoms with Crippen LogP contribution in [0.2, 0.25) is 0 Å². The van der Waals surface area contributed by atoms with Crippen molar-refractivity contribution >= 4 is 17.7 Å². The predicted octanol–water partition coefficient (Wildman–Crippen LogP) is 4.19. The zero-order valence-corrected chi connectivity index (χ0v) is 20.6. The summed E-state index contributed by atoms with van der Waals surface area (Å²) in [6.07, 6.45) is 12.8. The van der Waals surface area contributed by atoms with Gasteiger partial charge >= 0.3 is 11.8 Å². The number of aromatic nitrogens is 1. The van der Waals surface area contributed by atoms with Gasteiger partial charge < -0.3 is 15.5 Å². The van der Waals surface area contributed by atoms with E-state index < -0.39 is 29.6 Å². The molecule has 4 rings (SSSR count). The number of carbonyl (C=O) groups excluding carboxylic acids is 3. The topological polar surface area (TPSA) is 91.4 Å². The van der Waals surface area contributed by atoms with Crippen molar-refractivity contribution in [3.63, 3.8) is 0 Å². The second-order valence-corrected chi connectivity index (χ2v) is 9.87. The number of nitrogens with one attached hydrogen (secondary N) is 2. The molecule has 2 aliphatic carbocycles. The Balaban J connectivity index is 1.66. The molecule has 0 saturated heterocycles. The van der Waals surface area contributed by atoms with Gasteiger partial charge in [-0.1, -0.05) is 62.8 Å². The minimum atomic E-state index is -1.29. The molecule has 1 atom stereocenters. The highest BCUT2D eigenvalue weighted by Crippen LogP contribution is 2.28. The van der Waals surface area contributed by atoms with Gasteiger partial charge in [0.05, 0.1) is 0 Å². The fraction of sp³-hybridized carbons (Fsp3) is 0.500. The Hall–Kier alpha value is -3.29. The largest absolute Gasteiger partial charge is 0.351 e. The Morgan fingerprint density at radius 1 is 0.889 bits per heavy atom. The van der Waals surface area contributed by atoms with E-state index in [1.165, 1.54) is 23.1 Å². The molecule has 1 aromatic carbocycles. The second-order valence-electron chi connectivity index (χ2n) is 9.87. The van der Waals surface area contributed by atoms with Crippen molar-refractivity contribution in [2.24, 2.45) is 0 Å². The van der Waals surface area contributed by atoms with Crippen LogP contribution in [0.3, 0.4) is 0 Å².